The maximum atomic E-state index is 10.9. The third-order valence-corrected chi connectivity index (χ3v) is 5.39. The van der Waals surface area contributed by atoms with Crippen molar-refractivity contribution in [3.63, 3.8) is 0 Å². The molecule has 0 bridgehead atoms. The summed E-state index contributed by atoms with van der Waals surface area (Å²) in [5.74, 6) is 2.50. The van der Waals surface area contributed by atoms with Crippen molar-refractivity contribution in [2.45, 2.75) is 12.8 Å². The predicted octanol–water partition coefficient (Wildman–Crippen LogP) is -1.08. The van der Waals surface area contributed by atoms with Crippen molar-refractivity contribution in [3.8, 4) is 0 Å². The highest BCUT2D eigenvalue weighted by Gasteiger charge is 2.03. The molecule has 0 spiro atoms. The van der Waals surface area contributed by atoms with Gasteiger partial charge in [0, 0.05) is 31.6 Å². The summed E-state index contributed by atoms with van der Waals surface area (Å²) in [6, 6.07) is 0. The van der Waals surface area contributed by atoms with Gasteiger partial charge in [-0.3, -0.25) is 20.4 Å². The highest BCUT2D eigenvalue weighted by atomic mass is 33.1. The molecule has 1 atom stereocenters. The van der Waals surface area contributed by atoms with Crippen molar-refractivity contribution in [1.82, 2.24) is 5.09 Å². The predicted molar refractivity (Wildman–Crippen MR) is 72.8 cm³/mol. The van der Waals surface area contributed by atoms with Gasteiger partial charge in [-0.2, -0.15) is 0 Å². The first kappa shape index (κ1) is 17.3. The van der Waals surface area contributed by atoms with Crippen LogP contribution in [0.4, 0.5) is 0 Å². The Labute approximate surface area is 110 Å². The molecule has 1 unspecified atom stereocenters. The highest BCUT2D eigenvalue weighted by Crippen LogP contribution is 2.29. The number of nitrogens with two attached hydrogens (primary N) is 1. The van der Waals surface area contributed by atoms with E-state index in [2.05, 4.69) is 14.6 Å². The van der Waals surface area contributed by atoms with Gasteiger partial charge in [0.2, 0.25) is 13.6 Å². The van der Waals surface area contributed by atoms with Crippen molar-refractivity contribution in [2.75, 3.05) is 32.2 Å². The lowest BCUT2D eigenvalue weighted by molar-refractivity contribution is -0.422. The Morgan fingerprint density at radius 1 is 1.53 bits per heavy atom. The van der Waals surface area contributed by atoms with Gasteiger partial charge in [-0.25, -0.2) is 0 Å². The zero-order valence-corrected chi connectivity index (χ0v) is 12.6. The first-order valence-electron chi connectivity index (χ1n) is 5.17. The van der Waals surface area contributed by atoms with Crippen molar-refractivity contribution >= 4 is 35.2 Å². The van der Waals surface area contributed by atoms with Gasteiger partial charge in [-0.05, 0) is 6.42 Å². The first-order valence-corrected chi connectivity index (χ1v) is 9.20. The monoisotopic (exact) mass is 301 g/mol. The van der Waals surface area contributed by atoms with E-state index in [1.165, 1.54) is 0 Å². The molecule has 4 N–H and O–H groups in total. The summed E-state index contributed by atoms with van der Waals surface area (Å²) < 4.78 is 15.2. The van der Waals surface area contributed by atoms with Gasteiger partial charge in [0.15, 0.2) is 0 Å². The molecule has 0 rings (SSSR count). The third-order valence-electron chi connectivity index (χ3n) is 1.81. The van der Waals surface area contributed by atoms with Crippen molar-refractivity contribution in [2.24, 2.45) is 5.73 Å². The largest absolute Gasteiger partial charge is 0.766 e. The standard InChI is InChI=1S/C8H20N3O3PS2/c1-10-8(9)4-3-6-16-17-7-5-11-15(12,13)14-2/h3-7H2,1-2H3,(H2,9,10)(H2,11,12,13). The van der Waals surface area contributed by atoms with Gasteiger partial charge in [0.05, 0.1) is 7.05 Å². The molecule has 9 heteroatoms. The van der Waals surface area contributed by atoms with Crippen molar-refractivity contribution in [3.05, 3.63) is 0 Å². The topological polar surface area (TPSA) is 101 Å². The molecule has 0 aliphatic rings. The molecule has 0 radical (unpaired) electrons. The fourth-order valence-electron chi connectivity index (χ4n) is 0.853. The normalized spacial score (nSPS) is 15.8. The van der Waals surface area contributed by atoms with E-state index in [-0.39, 0.29) is 0 Å². The van der Waals surface area contributed by atoms with E-state index >= 15 is 0 Å². The molecule has 0 heterocycles. The van der Waals surface area contributed by atoms with Gasteiger partial charge in [-0.15, -0.1) is 0 Å². The molecule has 0 aromatic carbocycles. The lowest BCUT2D eigenvalue weighted by Gasteiger charge is -2.21. The van der Waals surface area contributed by atoms with Crippen molar-refractivity contribution in [1.29, 1.82) is 0 Å². The zero-order chi connectivity index (χ0) is 13.1. The van der Waals surface area contributed by atoms with Crippen molar-refractivity contribution < 1.29 is 19.0 Å². The smallest absolute Gasteiger partial charge is 0.240 e. The lowest BCUT2D eigenvalue weighted by Crippen LogP contribution is -2.70. The van der Waals surface area contributed by atoms with Crippen LogP contribution in [0.3, 0.4) is 0 Å². The summed E-state index contributed by atoms with van der Waals surface area (Å²) in [7, 11) is 2.49. The molecule has 0 saturated carbocycles. The minimum absolute atomic E-state index is 0.386. The Hall–Kier alpha value is 0.280. The molecule has 0 fully saturated rings. The second-order valence-corrected chi connectivity index (χ2v) is 7.49. The molecule has 102 valence electrons. The van der Waals surface area contributed by atoms with Crippen LogP contribution >= 0.6 is 29.3 Å². The maximum absolute atomic E-state index is 10.9. The zero-order valence-electron chi connectivity index (χ0n) is 10.1. The summed E-state index contributed by atoms with van der Waals surface area (Å²) in [5, 5.41) is 2.34. The molecule has 0 aromatic rings. The number of hydrogen-bond acceptors (Lipinski definition) is 5. The van der Waals surface area contributed by atoms with Gasteiger partial charge < -0.3 is 9.42 Å². The minimum atomic E-state index is -3.80. The maximum Gasteiger partial charge on any atom is 0.240 e. The second kappa shape index (κ2) is 10.2. The summed E-state index contributed by atoms with van der Waals surface area (Å²) >= 11 is 0. The van der Waals surface area contributed by atoms with E-state index in [1.54, 1.807) is 28.6 Å². The van der Waals surface area contributed by atoms with Crippen LogP contribution in [-0.2, 0) is 9.09 Å². The average Bonchev–Trinajstić information content (AvgIpc) is 2.32. The number of hydrogen-bond donors (Lipinski definition) is 3. The van der Waals surface area contributed by atoms with Crippen LogP contribution in [-0.4, -0.2) is 38.0 Å². The quantitative estimate of drug-likeness (QED) is 0.155. The van der Waals surface area contributed by atoms with E-state index in [1.807, 2.05) is 0 Å². The van der Waals surface area contributed by atoms with Gasteiger partial charge in [0.25, 0.3) is 0 Å². The minimum Gasteiger partial charge on any atom is -0.766 e. The second-order valence-electron chi connectivity index (χ2n) is 3.11. The Morgan fingerprint density at radius 3 is 2.76 bits per heavy atom. The van der Waals surface area contributed by atoms with E-state index in [0.717, 1.165) is 31.5 Å². The van der Waals surface area contributed by atoms with Gasteiger partial charge in [0.1, 0.15) is 0 Å². The van der Waals surface area contributed by atoms with Crippen LogP contribution in [0.5, 0.6) is 0 Å². The molecule has 0 aromatic heterocycles. The van der Waals surface area contributed by atoms with Crippen LogP contribution in [0.25, 0.3) is 0 Å². The Bertz CT molecular complexity index is 279. The summed E-state index contributed by atoms with van der Waals surface area (Å²) in [5.41, 5.74) is 5.60. The molecular weight excluding hydrogens is 281 g/mol. The SMILES string of the molecule is C[NH+]=C(N)CCCSSCCNP(=O)([O-])OC. The van der Waals surface area contributed by atoms with Gasteiger partial charge in [-0.1, -0.05) is 21.6 Å². The van der Waals surface area contributed by atoms with E-state index in [0.29, 0.717) is 12.3 Å². The molecule has 0 amide bonds. The molecule has 0 aliphatic carbocycles. The van der Waals surface area contributed by atoms with Crippen LogP contribution in [0.2, 0.25) is 0 Å². The van der Waals surface area contributed by atoms with Crippen LogP contribution < -0.4 is 20.7 Å². The molecule has 0 aliphatic heterocycles. The van der Waals surface area contributed by atoms with Gasteiger partial charge >= 0.3 is 0 Å². The molecule has 0 saturated heterocycles. The Balaban J connectivity index is 3.28. The molecule has 17 heavy (non-hydrogen) atoms. The van der Waals surface area contributed by atoms with E-state index in [9.17, 15) is 9.46 Å². The third kappa shape index (κ3) is 11.1. The summed E-state index contributed by atoms with van der Waals surface area (Å²) in [6.07, 6.45) is 1.87. The molecular formula is C8H20N3O3PS2. The number of amidine groups is 1. The average molecular weight is 301 g/mol. The number of rotatable bonds is 10. The lowest BCUT2D eigenvalue weighted by atomic mass is 10.3. The van der Waals surface area contributed by atoms with Crippen LogP contribution in [0.15, 0.2) is 0 Å². The van der Waals surface area contributed by atoms with Crippen LogP contribution in [0.1, 0.15) is 12.8 Å². The summed E-state index contributed by atoms with van der Waals surface area (Å²) in [4.78, 5) is 13.8. The van der Waals surface area contributed by atoms with E-state index < -0.39 is 7.75 Å². The number of nitrogens with one attached hydrogen (secondary N) is 2. The Kier molecular flexibility index (Phi) is 10.4. The molecule has 6 nitrogen and oxygen atoms in total. The highest BCUT2D eigenvalue weighted by molar-refractivity contribution is 8.76. The van der Waals surface area contributed by atoms with E-state index in [4.69, 9.17) is 5.73 Å². The summed E-state index contributed by atoms with van der Waals surface area (Å²) in [6.45, 7) is 0.386. The Morgan fingerprint density at radius 2 is 2.18 bits per heavy atom. The fraction of sp³-hybridized carbons (Fsp3) is 0.875. The first-order chi connectivity index (χ1) is 8.02. The fourth-order valence-corrected chi connectivity index (χ4v) is 3.51. The van der Waals surface area contributed by atoms with Crippen LogP contribution in [0, 0.1) is 0 Å².